The van der Waals surface area contributed by atoms with E-state index in [2.05, 4.69) is 30.9 Å². The topological polar surface area (TPSA) is 167 Å². The fourth-order valence-corrected chi connectivity index (χ4v) is 6.32. The van der Waals surface area contributed by atoms with Crippen molar-refractivity contribution in [2.24, 2.45) is 5.92 Å². The average Bonchev–Trinajstić information content (AvgIpc) is 3.05. The zero-order chi connectivity index (χ0) is 37.7. The second-order valence-corrected chi connectivity index (χ2v) is 14.2. The lowest BCUT2D eigenvalue weighted by molar-refractivity contribution is -0.193. The number of ketones is 2. The fourth-order valence-electron chi connectivity index (χ4n) is 5.05. The number of hydrogen-bond donors (Lipinski definition) is 3. The maximum atomic E-state index is 13.0. The molecule has 3 N–H and O–H groups in total. The van der Waals surface area contributed by atoms with Gasteiger partial charge >= 0.3 is 23.9 Å². The van der Waals surface area contributed by atoms with Gasteiger partial charge in [0.25, 0.3) is 10.2 Å². The van der Waals surface area contributed by atoms with Crippen molar-refractivity contribution in [3.63, 3.8) is 0 Å². The summed E-state index contributed by atoms with van der Waals surface area (Å²) in [4.78, 5) is 45.4. The summed E-state index contributed by atoms with van der Waals surface area (Å²) in [5.74, 6) is -5.91. The van der Waals surface area contributed by atoms with Gasteiger partial charge in [-0.15, -0.1) is 0 Å². The molecular weight excluding hydrogens is 734 g/mol. The number of carbonyl (C=O) groups excluding carboxylic acids is 3. The standard InChI is InChI=1S/C26H31ClN8O3S.C4F6O2/c1-34(2)39(37,38)35-9-7-17(8-10-35)12-24(36)32-23-6-5-20-13-19(23)4-3-18-11-21(15-28-14-18)31-26-29-16-22(27)25(30-20)33-26;5-3(6,7)1(11)2(12)4(8,9)10/h5-6,11,13-17H,3-4,7-10,12H2,1-2H3,(H,32,36)(H2,29,30,31,33);. The number of anilines is 5. The van der Waals surface area contributed by atoms with Crippen molar-refractivity contribution < 1.29 is 49.1 Å². The molecule has 0 aliphatic carbocycles. The minimum Gasteiger partial charge on any atom is -0.339 e. The SMILES string of the molecule is CN(C)S(=O)(=O)N1CCC(CC(=O)Nc2ccc3cc2CCc2cncc(c2)Nc2ncc(Cl)c(n2)N3)CC1.O=C(C(=O)C(F)(F)F)C(F)(F)F. The number of pyridine rings is 1. The molecule has 2 aliphatic heterocycles. The van der Waals surface area contributed by atoms with Crippen molar-refractivity contribution in [2.45, 2.75) is 44.5 Å². The summed E-state index contributed by atoms with van der Waals surface area (Å²) in [7, 11) is -0.364. The van der Waals surface area contributed by atoms with E-state index in [0.29, 0.717) is 62.0 Å². The molecular formula is C30H31ClF6N8O5S. The third-order valence-electron chi connectivity index (χ3n) is 7.68. The highest BCUT2D eigenvalue weighted by Crippen LogP contribution is 2.30. The van der Waals surface area contributed by atoms with E-state index in [1.54, 1.807) is 6.20 Å². The maximum absolute atomic E-state index is 13.0. The average molecular weight is 765 g/mol. The number of aryl methyl sites for hydroxylation is 2. The van der Waals surface area contributed by atoms with Crippen LogP contribution in [-0.2, 0) is 37.4 Å². The second-order valence-electron chi connectivity index (χ2n) is 11.6. The highest BCUT2D eigenvalue weighted by atomic mass is 35.5. The predicted octanol–water partition coefficient (Wildman–Crippen LogP) is 5.21. The third kappa shape index (κ3) is 10.6. The first-order valence-corrected chi connectivity index (χ1v) is 16.8. The normalized spacial score (nSPS) is 15.5. The molecule has 0 saturated carbocycles. The van der Waals surface area contributed by atoms with E-state index in [1.165, 1.54) is 28.9 Å². The van der Waals surface area contributed by atoms with E-state index < -0.39 is 34.1 Å². The number of fused-ring (bicyclic) bond motifs is 6. The van der Waals surface area contributed by atoms with Crippen LogP contribution in [0.1, 0.15) is 30.4 Å². The molecule has 1 saturated heterocycles. The number of aromatic nitrogens is 3. The number of nitrogens with one attached hydrogen (secondary N) is 3. The summed E-state index contributed by atoms with van der Waals surface area (Å²) in [5, 5.41) is 9.90. The number of piperidine rings is 1. The largest absolute Gasteiger partial charge is 0.458 e. The number of carbonyl (C=O) groups is 3. The smallest absolute Gasteiger partial charge is 0.339 e. The molecule has 5 rings (SSSR count). The summed E-state index contributed by atoms with van der Waals surface area (Å²) in [6.45, 7) is 0.832. The Kier molecular flexibility index (Phi) is 12.3. The maximum Gasteiger partial charge on any atom is 0.458 e. The molecule has 0 radical (unpaired) electrons. The molecule has 3 aromatic rings. The molecule has 51 heavy (non-hydrogen) atoms. The van der Waals surface area contributed by atoms with Gasteiger partial charge in [-0.2, -0.15) is 48.4 Å². The van der Waals surface area contributed by atoms with E-state index in [0.717, 1.165) is 28.2 Å². The number of hydrogen-bond acceptors (Lipinski definition) is 10. The zero-order valence-corrected chi connectivity index (χ0v) is 28.5. The van der Waals surface area contributed by atoms with E-state index in [-0.39, 0.29) is 11.8 Å². The van der Waals surface area contributed by atoms with Crippen LogP contribution in [0.3, 0.4) is 0 Å². The van der Waals surface area contributed by atoms with Gasteiger partial charge in [0.15, 0.2) is 5.82 Å². The Hall–Kier alpha value is -4.40. The molecule has 21 heteroatoms. The summed E-state index contributed by atoms with van der Waals surface area (Å²) < 4.78 is 94.4. The van der Waals surface area contributed by atoms with Gasteiger partial charge in [0, 0.05) is 51.2 Å². The minimum atomic E-state index is -5.77. The molecule has 0 spiro atoms. The first kappa shape index (κ1) is 39.4. The van der Waals surface area contributed by atoms with Crippen LogP contribution in [0.15, 0.2) is 42.9 Å². The van der Waals surface area contributed by atoms with Crippen LogP contribution in [-0.4, -0.2) is 89.0 Å². The van der Waals surface area contributed by atoms with Crippen molar-refractivity contribution >= 4 is 68.1 Å². The van der Waals surface area contributed by atoms with Gasteiger partial charge in [0.05, 0.1) is 18.1 Å². The third-order valence-corrected chi connectivity index (χ3v) is 9.89. The number of amides is 1. The number of rotatable bonds is 6. The van der Waals surface area contributed by atoms with Crippen molar-refractivity contribution in [1.29, 1.82) is 0 Å². The van der Waals surface area contributed by atoms with E-state index in [1.807, 2.05) is 30.5 Å². The van der Waals surface area contributed by atoms with Gasteiger partial charge < -0.3 is 16.0 Å². The van der Waals surface area contributed by atoms with Crippen molar-refractivity contribution in [3.05, 3.63) is 59.0 Å². The Morgan fingerprint density at radius 2 is 1.59 bits per heavy atom. The second kappa shape index (κ2) is 15.9. The van der Waals surface area contributed by atoms with Crippen LogP contribution >= 0.6 is 11.6 Å². The molecule has 6 bridgehead atoms. The first-order chi connectivity index (χ1) is 23.7. The molecule has 4 heterocycles. The van der Waals surface area contributed by atoms with E-state index in [9.17, 15) is 49.1 Å². The van der Waals surface area contributed by atoms with Crippen LogP contribution in [0.25, 0.3) is 0 Å². The van der Waals surface area contributed by atoms with Crippen LogP contribution in [0.4, 0.5) is 55.2 Å². The number of nitrogens with zero attached hydrogens (tertiary/aromatic N) is 5. The van der Waals surface area contributed by atoms with E-state index in [4.69, 9.17) is 11.6 Å². The van der Waals surface area contributed by atoms with Crippen LogP contribution in [0.5, 0.6) is 0 Å². The summed E-state index contributed by atoms with van der Waals surface area (Å²) in [6, 6.07) is 7.74. The zero-order valence-electron chi connectivity index (χ0n) is 26.9. The highest BCUT2D eigenvalue weighted by molar-refractivity contribution is 7.86. The minimum absolute atomic E-state index is 0.0832. The highest BCUT2D eigenvalue weighted by Gasteiger charge is 2.54. The molecule has 276 valence electrons. The Balaban J connectivity index is 0.000000417. The quantitative estimate of drug-likeness (QED) is 0.224. The lowest BCUT2D eigenvalue weighted by Crippen LogP contribution is -2.44. The monoisotopic (exact) mass is 764 g/mol. The molecule has 2 aliphatic rings. The molecule has 1 amide bonds. The van der Waals surface area contributed by atoms with Crippen molar-refractivity contribution in [1.82, 2.24) is 23.6 Å². The van der Waals surface area contributed by atoms with Gasteiger partial charge in [0.1, 0.15) is 5.02 Å². The van der Waals surface area contributed by atoms with Crippen molar-refractivity contribution in [3.8, 4) is 0 Å². The van der Waals surface area contributed by atoms with Crippen LogP contribution in [0.2, 0.25) is 5.02 Å². The Morgan fingerprint density at radius 3 is 2.20 bits per heavy atom. The van der Waals surface area contributed by atoms with Crippen LogP contribution in [0, 0.1) is 5.92 Å². The summed E-state index contributed by atoms with van der Waals surface area (Å²) >= 11 is 6.35. The lowest BCUT2D eigenvalue weighted by atomic mass is 9.94. The number of Topliss-reactive ketones (excluding diaryl/α,β-unsaturated/α-hetero) is 2. The molecule has 0 unspecified atom stereocenters. The number of halogens is 7. The lowest BCUT2D eigenvalue weighted by Gasteiger charge is -2.32. The molecule has 1 aromatic carbocycles. The van der Waals surface area contributed by atoms with Crippen LogP contribution < -0.4 is 16.0 Å². The molecule has 13 nitrogen and oxygen atoms in total. The Morgan fingerprint density at radius 1 is 0.941 bits per heavy atom. The Labute approximate surface area is 293 Å². The van der Waals surface area contributed by atoms with Gasteiger partial charge in [-0.25, -0.2) is 4.98 Å². The molecule has 1 fully saturated rings. The first-order valence-electron chi connectivity index (χ1n) is 15.1. The van der Waals surface area contributed by atoms with Gasteiger partial charge in [-0.3, -0.25) is 19.4 Å². The predicted molar refractivity (Wildman–Crippen MR) is 174 cm³/mol. The summed E-state index contributed by atoms with van der Waals surface area (Å²) in [5.41, 5.74) is 4.29. The molecule has 2 aromatic heterocycles. The summed E-state index contributed by atoms with van der Waals surface area (Å²) in [6.07, 6.45) is -3.45. The van der Waals surface area contributed by atoms with Gasteiger partial charge in [-0.1, -0.05) is 11.6 Å². The van der Waals surface area contributed by atoms with Gasteiger partial charge in [-0.05, 0) is 67.0 Å². The van der Waals surface area contributed by atoms with Crippen molar-refractivity contribution in [2.75, 3.05) is 43.1 Å². The van der Waals surface area contributed by atoms with Gasteiger partial charge in [0.2, 0.25) is 11.9 Å². The molecule has 0 atom stereocenters. The Bertz CT molecular complexity index is 1860. The fraction of sp³-hybridized carbons (Fsp3) is 0.400. The number of alkyl halides is 6. The van der Waals surface area contributed by atoms with E-state index >= 15 is 0 Å². The number of benzene rings is 1.